The Kier molecular flexibility index (Phi) is 2.29. The Bertz CT molecular complexity index is 529. The van der Waals surface area contributed by atoms with Gasteiger partial charge < -0.3 is 0 Å². The van der Waals surface area contributed by atoms with Crippen molar-refractivity contribution < 1.29 is 0 Å². The molecular formula is C18H18. The molecule has 0 saturated heterocycles. The van der Waals surface area contributed by atoms with Crippen LogP contribution in [0.15, 0.2) is 48.5 Å². The minimum absolute atomic E-state index is 0.768. The van der Waals surface area contributed by atoms with Crippen LogP contribution in [-0.2, 0) is 12.8 Å². The normalized spacial score (nSPS) is 24.9. The highest BCUT2D eigenvalue weighted by Gasteiger charge is 2.34. The predicted octanol–water partition coefficient (Wildman–Crippen LogP) is 4.45. The van der Waals surface area contributed by atoms with Crippen LogP contribution in [0.1, 0.15) is 46.9 Å². The summed E-state index contributed by atoms with van der Waals surface area (Å²) in [6, 6.07) is 18.2. The van der Waals surface area contributed by atoms with Crippen LogP contribution in [0.5, 0.6) is 0 Å². The van der Waals surface area contributed by atoms with E-state index in [9.17, 15) is 0 Å². The van der Waals surface area contributed by atoms with Gasteiger partial charge in [-0.2, -0.15) is 0 Å². The Labute approximate surface area is 109 Å². The Morgan fingerprint density at radius 3 is 1.56 bits per heavy atom. The van der Waals surface area contributed by atoms with E-state index in [2.05, 4.69) is 48.5 Å². The molecule has 0 bridgehead atoms. The predicted molar refractivity (Wildman–Crippen MR) is 75.0 cm³/mol. The summed E-state index contributed by atoms with van der Waals surface area (Å²) in [5, 5.41) is 0. The van der Waals surface area contributed by atoms with Gasteiger partial charge in [0.05, 0.1) is 0 Å². The van der Waals surface area contributed by atoms with Gasteiger partial charge in [-0.1, -0.05) is 48.5 Å². The molecule has 18 heavy (non-hydrogen) atoms. The Morgan fingerprint density at radius 2 is 1.06 bits per heavy atom. The molecule has 0 heteroatoms. The molecule has 90 valence electrons. The van der Waals surface area contributed by atoms with Crippen molar-refractivity contribution in [3.8, 4) is 0 Å². The Hall–Kier alpha value is -1.56. The molecule has 0 aromatic heterocycles. The summed E-state index contributed by atoms with van der Waals surface area (Å²) in [7, 11) is 0. The molecule has 2 aromatic carbocycles. The van der Waals surface area contributed by atoms with Crippen LogP contribution in [0.25, 0.3) is 0 Å². The van der Waals surface area contributed by atoms with Crippen LogP contribution >= 0.6 is 0 Å². The summed E-state index contributed by atoms with van der Waals surface area (Å²) < 4.78 is 0. The zero-order valence-electron chi connectivity index (χ0n) is 10.6. The van der Waals surface area contributed by atoms with Crippen molar-refractivity contribution >= 4 is 0 Å². The summed E-state index contributed by atoms with van der Waals surface area (Å²) in [4.78, 5) is 0. The molecule has 0 nitrogen and oxygen atoms in total. The fourth-order valence-corrected chi connectivity index (χ4v) is 4.02. The van der Waals surface area contributed by atoms with Crippen LogP contribution < -0.4 is 0 Å². The number of fused-ring (bicyclic) bond motifs is 5. The van der Waals surface area contributed by atoms with Crippen molar-refractivity contribution in [2.45, 2.75) is 37.5 Å². The van der Waals surface area contributed by atoms with Crippen molar-refractivity contribution in [1.29, 1.82) is 0 Å². The minimum Gasteiger partial charge on any atom is -0.0620 e. The molecule has 0 spiro atoms. The van der Waals surface area contributed by atoms with Crippen LogP contribution in [0.3, 0.4) is 0 Å². The molecule has 2 aromatic rings. The van der Waals surface area contributed by atoms with Gasteiger partial charge in [0.2, 0.25) is 0 Å². The second-order valence-corrected chi connectivity index (χ2v) is 5.69. The summed E-state index contributed by atoms with van der Waals surface area (Å²) in [6.45, 7) is 0. The molecule has 0 radical (unpaired) electrons. The van der Waals surface area contributed by atoms with Gasteiger partial charge in [0.25, 0.3) is 0 Å². The topological polar surface area (TPSA) is 0 Å². The van der Waals surface area contributed by atoms with E-state index in [-0.39, 0.29) is 0 Å². The van der Waals surface area contributed by atoms with E-state index < -0.39 is 0 Å². The molecule has 2 aliphatic carbocycles. The van der Waals surface area contributed by atoms with Gasteiger partial charge in [-0.05, 0) is 59.8 Å². The fraction of sp³-hybridized carbons (Fsp3) is 0.333. The van der Waals surface area contributed by atoms with E-state index >= 15 is 0 Å². The second-order valence-electron chi connectivity index (χ2n) is 5.69. The highest BCUT2D eigenvalue weighted by Crippen LogP contribution is 2.48. The number of hydrogen-bond donors (Lipinski definition) is 0. The van der Waals surface area contributed by atoms with E-state index in [1.807, 2.05) is 0 Å². The number of hydrogen-bond acceptors (Lipinski definition) is 0. The van der Waals surface area contributed by atoms with Crippen LogP contribution in [0.4, 0.5) is 0 Å². The molecule has 0 N–H and O–H groups in total. The third-order valence-corrected chi connectivity index (χ3v) is 4.84. The molecule has 0 aliphatic heterocycles. The standard InChI is InChI=1S/C18H18/c1-3-7-15-13(5-1)9-11-18-16-8-4-2-6-14(16)10-12-17(15)18/h1-8,17-18H,9-12H2/t17-,18-/m1/s1. The first-order valence-corrected chi connectivity index (χ1v) is 7.09. The highest BCUT2D eigenvalue weighted by molar-refractivity contribution is 5.42. The average molecular weight is 234 g/mol. The lowest BCUT2D eigenvalue weighted by Gasteiger charge is -2.38. The minimum atomic E-state index is 0.768. The third kappa shape index (κ3) is 1.45. The second kappa shape index (κ2) is 3.98. The lowest BCUT2D eigenvalue weighted by molar-refractivity contribution is 0.425. The smallest absolute Gasteiger partial charge is 0.00870 e. The van der Waals surface area contributed by atoms with E-state index in [1.165, 1.54) is 25.7 Å². The van der Waals surface area contributed by atoms with Gasteiger partial charge in [-0.25, -0.2) is 0 Å². The Morgan fingerprint density at radius 1 is 0.611 bits per heavy atom. The molecule has 0 fully saturated rings. The fourth-order valence-electron chi connectivity index (χ4n) is 4.02. The highest BCUT2D eigenvalue weighted by atomic mass is 14.4. The van der Waals surface area contributed by atoms with Crippen LogP contribution in [0.2, 0.25) is 0 Å². The van der Waals surface area contributed by atoms with Gasteiger partial charge in [0, 0.05) is 0 Å². The SMILES string of the molecule is c1ccc2c(c1)CC[C@@H]1c3ccccc3CC[C@H]21. The summed E-state index contributed by atoms with van der Waals surface area (Å²) >= 11 is 0. The maximum Gasteiger partial charge on any atom is -0.00870 e. The van der Waals surface area contributed by atoms with E-state index in [0.29, 0.717) is 0 Å². The monoisotopic (exact) mass is 234 g/mol. The van der Waals surface area contributed by atoms with Crippen LogP contribution in [0, 0.1) is 0 Å². The van der Waals surface area contributed by atoms with Gasteiger partial charge in [-0.15, -0.1) is 0 Å². The van der Waals surface area contributed by atoms with Gasteiger partial charge in [0.1, 0.15) is 0 Å². The van der Waals surface area contributed by atoms with E-state index in [0.717, 1.165) is 11.8 Å². The van der Waals surface area contributed by atoms with Crippen molar-refractivity contribution in [3.63, 3.8) is 0 Å². The first-order chi connectivity index (χ1) is 8.93. The van der Waals surface area contributed by atoms with Gasteiger partial charge in [-0.3, -0.25) is 0 Å². The van der Waals surface area contributed by atoms with Gasteiger partial charge >= 0.3 is 0 Å². The van der Waals surface area contributed by atoms with Gasteiger partial charge in [0.15, 0.2) is 0 Å². The molecule has 0 amide bonds. The number of rotatable bonds is 0. The van der Waals surface area contributed by atoms with Crippen LogP contribution in [-0.4, -0.2) is 0 Å². The zero-order valence-corrected chi connectivity index (χ0v) is 10.6. The molecule has 0 unspecified atom stereocenters. The van der Waals surface area contributed by atoms with Crippen molar-refractivity contribution in [2.75, 3.05) is 0 Å². The molecular weight excluding hydrogens is 216 g/mol. The van der Waals surface area contributed by atoms with E-state index in [1.54, 1.807) is 22.3 Å². The number of aryl methyl sites for hydroxylation is 2. The number of benzene rings is 2. The summed E-state index contributed by atoms with van der Waals surface area (Å²) in [6.07, 6.45) is 5.18. The average Bonchev–Trinajstić information content (AvgIpc) is 2.46. The first-order valence-electron chi connectivity index (χ1n) is 7.09. The molecule has 2 aliphatic rings. The van der Waals surface area contributed by atoms with Crippen molar-refractivity contribution in [2.24, 2.45) is 0 Å². The quantitative estimate of drug-likeness (QED) is 0.632. The van der Waals surface area contributed by atoms with Crippen molar-refractivity contribution in [1.82, 2.24) is 0 Å². The molecule has 0 heterocycles. The lowest BCUT2D eigenvalue weighted by Crippen LogP contribution is -2.24. The Balaban J connectivity index is 1.83. The summed E-state index contributed by atoms with van der Waals surface area (Å²) in [5.41, 5.74) is 6.45. The largest absolute Gasteiger partial charge is 0.0620 e. The molecule has 4 rings (SSSR count). The third-order valence-electron chi connectivity index (χ3n) is 4.84. The lowest BCUT2D eigenvalue weighted by atomic mass is 9.66. The van der Waals surface area contributed by atoms with Crippen molar-refractivity contribution in [3.05, 3.63) is 70.8 Å². The molecule has 2 atom stereocenters. The summed E-state index contributed by atoms with van der Waals surface area (Å²) in [5.74, 6) is 1.54. The maximum absolute atomic E-state index is 2.36. The van der Waals surface area contributed by atoms with E-state index in [4.69, 9.17) is 0 Å². The maximum atomic E-state index is 2.36. The molecule has 0 saturated carbocycles. The first kappa shape index (κ1) is 10.4. The zero-order chi connectivity index (χ0) is 11.9.